The van der Waals surface area contributed by atoms with Gasteiger partial charge in [0.1, 0.15) is 0 Å². The Kier molecular flexibility index (Phi) is 3.38. The molecule has 0 spiro atoms. The number of benzene rings is 1. The molecule has 0 amide bonds. The van der Waals surface area contributed by atoms with E-state index >= 15 is 0 Å². The van der Waals surface area contributed by atoms with Crippen LogP contribution in [0.2, 0.25) is 0 Å². The zero-order valence-corrected chi connectivity index (χ0v) is 8.72. The van der Waals surface area contributed by atoms with Gasteiger partial charge < -0.3 is 0 Å². The normalized spacial score (nSPS) is 12.2. The highest BCUT2D eigenvalue weighted by Crippen LogP contribution is 2.22. The molecule has 1 atom stereocenters. The van der Waals surface area contributed by atoms with Gasteiger partial charge in [0.2, 0.25) is 0 Å². The first-order valence-corrected chi connectivity index (χ1v) is 4.77. The molecule has 0 aliphatic carbocycles. The molecule has 0 fully saturated rings. The summed E-state index contributed by atoms with van der Waals surface area (Å²) < 4.78 is 0. The average molecular weight is 190 g/mol. The number of thiol groups is 1. The number of hydrogen-bond acceptors (Lipinski definition) is 1. The summed E-state index contributed by atoms with van der Waals surface area (Å²) in [4.78, 5) is 0. The van der Waals surface area contributed by atoms with Crippen molar-refractivity contribution >= 4 is 24.8 Å². The van der Waals surface area contributed by atoms with Crippen LogP contribution in [0.5, 0.6) is 0 Å². The summed E-state index contributed by atoms with van der Waals surface area (Å²) in [5.74, 6) is 0. The van der Waals surface area contributed by atoms with Gasteiger partial charge in [-0.25, -0.2) is 0 Å². The molecule has 1 aromatic rings. The Morgan fingerprint density at radius 2 is 1.85 bits per heavy atom. The second-order valence-corrected chi connectivity index (χ2v) is 3.75. The topological polar surface area (TPSA) is 0 Å². The monoisotopic (exact) mass is 190 g/mol. The number of hydrogen-bond donors (Lipinski definition) is 1. The van der Waals surface area contributed by atoms with Crippen LogP contribution in [-0.4, -0.2) is 0 Å². The second kappa shape index (κ2) is 4.33. The van der Waals surface area contributed by atoms with Gasteiger partial charge in [-0.05, 0) is 23.6 Å². The molecule has 0 nitrogen and oxygen atoms in total. The zero-order chi connectivity index (χ0) is 9.84. The lowest BCUT2D eigenvalue weighted by Gasteiger charge is -2.07. The molecule has 0 saturated heterocycles. The molecule has 0 aromatic heterocycles. The Bertz CT molecular complexity index is 324. The van der Waals surface area contributed by atoms with Crippen LogP contribution in [0.4, 0.5) is 0 Å². The fourth-order valence-electron chi connectivity index (χ4n) is 1.22. The third-order valence-electron chi connectivity index (χ3n) is 2.03. The quantitative estimate of drug-likeness (QED) is 0.685. The Morgan fingerprint density at radius 1 is 1.23 bits per heavy atom. The minimum absolute atomic E-state index is 0.262. The Balaban J connectivity index is 3.20. The maximum absolute atomic E-state index is 4.38. The molecule has 68 valence electrons. The summed E-state index contributed by atoms with van der Waals surface area (Å²) >= 11 is 4.38. The number of rotatable bonds is 3. The van der Waals surface area contributed by atoms with Crippen molar-refractivity contribution in [3.63, 3.8) is 0 Å². The van der Waals surface area contributed by atoms with Crippen molar-refractivity contribution in [2.75, 3.05) is 0 Å². The van der Waals surface area contributed by atoms with Crippen molar-refractivity contribution in [2.24, 2.45) is 0 Å². The molecule has 0 unspecified atom stereocenters. The van der Waals surface area contributed by atoms with Crippen LogP contribution in [-0.2, 0) is 0 Å². The highest BCUT2D eigenvalue weighted by molar-refractivity contribution is 7.80. The summed E-state index contributed by atoms with van der Waals surface area (Å²) in [6.45, 7) is 9.57. The fourth-order valence-corrected chi connectivity index (χ4v) is 1.38. The molecule has 1 rings (SSSR count). The first-order valence-electron chi connectivity index (χ1n) is 4.26. The molecule has 13 heavy (non-hydrogen) atoms. The third kappa shape index (κ3) is 2.25. The molecule has 0 N–H and O–H groups in total. The Labute approximate surface area is 85.4 Å². The van der Waals surface area contributed by atoms with Gasteiger partial charge in [-0.1, -0.05) is 43.5 Å². The van der Waals surface area contributed by atoms with Crippen molar-refractivity contribution < 1.29 is 0 Å². The van der Waals surface area contributed by atoms with Crippen LogP contribution in [0.3, 0.4) is 0 Å². The molecule has 0 saturated carbocycles. The second-order valence-electron chi connectivity index (χ2n) is 2.97. The van der Waals surface area contributed by atoms with Gasteiger partial charge in [-0.3, -0.25) is 0 Å². The smallest absolute Gasteiger partial charge is 0.0239 e. The molecular formula is C12H14S. The minimum atomic E-state index is 0.262. The molecule has 1 heteroatoms. The van der Waals surface area contributed by atoms with Gasteiger partial charge in [-0.2, -0.15) is 12.6 Å². The van der Waals surface area contributed by atoms with E-state index in [0.29, 0.717) is 0 Å². The molecule has 0 aliphatic heterocycles. The van der Waals surface area contributed by atoms with E-state index in [9.17, 15) is 0 Å². The van der Waals surface area contributed by atoms with Gasteiger partial charge in [-0.15, -0.1) is 0 Å². The minimum Gasteiger partial charge on any atom is -0.171 e. The van der Waals surface area contributed by atoms with E-state index in [1.807, 2.05) is 18.2 Å². The van der Waals surface area contributed by atoms with E-state index in [1.54, 1.807) is 0 Å². The van der Waals surface area contributed by atoms with E-state index < -0.39 is 0 Å². The van der Waals surface area contributed by atoms with Gasteiger partial charge >= 0.3 is 0 Å². The summed E-state index contributed by atoms with van der Waals surface area (Å²) in [5, 5.41) is 0.262. The average Bonchev–Trinajstić information content (AvgIpc) is 2.16. The van der Waals surface area contributed by atoms with Gasteiger partial charge in [0, 0.05) is 5.25 Å². The van der Waals surface area contributed by atoms with Gasteiger partial charge in [0.05, 0.1) is 0 Å². The first-order chi connectivity index (χ1) is 6.19. The van der Waals surface area contributed by atoms with Crippen LogP contribution >= 0.6 is 12.6 Å². The van der Waals surface area contributed by atoms with E-state index in [2.05, 4.69) is 44.8 Å². The third-order valence-corrected chi connectivity index (χ3v) is 2.33. The van der Waals surface area contributed by atoms with Crippen LogP contribution < -0.4 is 0 Å². The first kappa shape index (κ1) is 10.1. The summed E-state index contributed by atoms with van der Waals surface area (Å²) in [6.07, 6.45) is 3.68. The van der Waals surface area contributed by atoms with Crippen LogP contribution in [0.25, 0.3) is 12.2 Å². The van der Waals surface area contributed by atoms with Crippen molar-refractivity contribution in [3.8, 4) is 0 Å². The van der Waals surface area contributed by atoms with E-state index in [0.717, 1.165) is 11.1 Å². The molecule has 0 bridgehead atoms. The van der Waals surface area contributed by atoms with Crippen LogP contribution in [0, 0.1) is 0 Å². The lowest BCUT2D eigenvalue weighted by molar-refractivity contribution is 1.11. The molecule has 0 heterocycles. The fraction of sp³-hybridized carbons (Fsp3) is 0.167. The Hall–Kier alpha value is -0.950. The van der Waals surface area contributed by atoms with Gasteiger partial charge in [0.15, 0.2) is 0 Å². The van der Waals surface area contributed by atoms with E-state index in [4.69, 9.17) is 0 Å². The predicted octanol–water partition coefficient (Wildman–Crippen LogP) is 3.96. The van der Waals surface area contributed by atoms with Gasteiger partial charge in [0.25, 0.3) is 0 Å². The van der Waals surface area contributed by atoms with E-state index in [1.165, 1.54) is 5.56 Å². The summed E-state index contributed by atoms with van der Waals surface area (Å²) in [6, 6.07) is 6.22. The lowest BCUT2D eigenvalue weighted by atomic mass is 10.0. The van der Waals surface area contributed by atoms with Crippen molar-refractivity contribution in [2.45, 2.75) is 12.2 Å². The van der Waals surface area contributed by atoms with E-state index in [-0.39, 0.29) is 5.25 Å². The van der Waals surface area contributed by atoms with Crippen molar-refractivity contribution in [1.82, 2.24) is 0 Å². The standard InChI is InChI=1S/C12H14S/c1-4-10-6-7-12(9(3)13)8-11(10)5-2/h4-9,13H,1-2H2,3H3/t9-/m1/s1. The van der Waals surface area contributed by atoms with Crippen LogP contribution in [0.15, 0.2) is 31.4 Å². The summed E-state index contributed by atoms with van der Waals surface area (Å²) in [5.41, 5.74) is 3.45. The van der Waals surface area contributed by atoms with Crippen molar-refractivity contribution in [3.05, 3.63) is 48.0 Å². The lowest BCUT2D eigenvalue weighted by Crippen LogP contribution is -1.87. The molecular weight excluding hydrogens is 176 g/mol. The highest BCUT2D eigenvalue weighted by Gasteiger charge is 2.01. The molecule has 0 radical (unpaired) electrons. The Morgan fingerprint density at radius 3 is 2.31 bits per heavy atom. The highest BCUT2D eigenvalue weighted by atomic mass is 32.1. The maximum atomic E-state index is 4.38. The predicted molar refractivity (Wildman–Crippen MR) is 64.0 cm³/mol. The maximum Gasteiger partial charge on any atom is 0.0239 e. The SMILES string of the molecule is C=Cc1ccc([C@@H](C)S)cc1C=C. The molecule has 1 aromatic carbocycles. The summed E-state index contributed by atoms with van der Waals surface area (Å²) in [7, 11) is 0. The zero-order valence-electron chi connectivity index (χ0n) is 7.83. The largest absolute Gasteiger partial charge is 0.171 e. The molecule has 0 aliphatic rings. The van der Waals surface area contributed by atoms with Crippen molar-refractivity contribution in [1.29, 1.82) is 0 Å². The van der Waals surface area contributed by atoms with Crippen LogP contribution in [0.1, 0.15) is 28.9 Å².